The van der Waals surface area contributed by atoms with Gasteiger partial charge in [-0.1, -0.05) is 19.9 Å². The molecule has 1 N–H and O–H groups in total. The van der Waals surface area contributed by atoms with Gasteiger partial charge < -0.3 is 15.1 Å². The smallest absolute Gasteiger partial charge is 0.247 e. The molecule has 0 saturated carbocycles. The Bertz CT molecular complexity index is 880. The van der Waals surface area contributed by atoms with Crippen molar-refractivity contribution in [1.29, 1.82) is 0 Å². The molecular weight excluding hydrogens is 326 g/mol. The Labute approximate surface area is 153 Å². The van der Waals surface area contributed by atoms with Crippen LogP contribution in [0.5, 0.6) is 0 Å². The summed E-state index contributed by atoms with van der Waals surface area (Å²) in [7, 11) is 0. The summed E-state index contributed by atoms with van der Waals surface area (Å²) < 4.78 is 1.94. The normalized spacial score (nSPS) is 15.5. The number of piperazine rings is 1. The van der Waals surface area contributed by atoms with Crippen molar-refractivity contribution in [3.63, 3.8) is 0 Å². The Morgan fingerprint density at radius 2 is 1.92 bits per heavy atom. The van der Waals surface area contributed by atoms with Gasteiger partial charge in [0.1, 0.15) is 5.82 Å². The minimum Gasteiger partial charge on any atom is -0.354 e. The van der Waals surface area contributed by atoms with E-state index in [1.54, 1.807) is 0 Å². The standard InChI is InChI=1S/C19H25N7/c1-3-15-14-16(8-9-20-15)21-19-22-17-6-5-7-18(26(17)23-19)25-12-10-24(4-2)11-13-25/h5-9,14H,3-4,10-13H2,1-2H3,(H,20,21,23). The lowest BCUT2D eigenvalue weighted by molar-refractivity contribution is 0.270. The van der Waals surface area contributed by atoms with Gasteiger partial charge in [-0.15, -0.1) is 5.10 Å². The third kappa shape index (κ3) is 3.35. The molecule has 4 rings (SSSR count). The minimum atomic E-state index is 0.609. The number of fused-ring (bicyclic) bond motifs is 1. The lowest BCUT2D eigenvalue weighted by Crippen LogP contribution is -2.46. The highest BCUT2D eigenvalue weighted by atomic mass is 15.4. The molecule has 136 valence electrons. The number of anilines is 3. The highest BCUT2D eigenvalue weighted by molar-refractivity contribution is 5.58. The van der Waals surface area contributed by atoms with Gasteiger partial charge in [-0.3, -0.25) is 4.98 Å². The fourth-order valence-electron chi connectivity index (χ4n) is 3.36. The first-order chi connectivity index (χ1) is 12.8. The number of nitrogens with one attached hydrogen (secondary N) is 1. The van der Waals surface area contributed by atoms with Crippen molar-refractivity contribution >= 4 is 23.1 Å². The topological polar surface area (TPSA) is 61.6 Å². The van der Waals surface area contributed by atoms with Gasteiger partial charge in [0, 0.05) is 43.8 Å². The Morgan fingerprint density at radius 1 is 1.08 bits per heavy atom. The van der Waals surface area contributed by atoms with Gasteiger partial charge in [-0.2, -0.15) is 9.50 Å². The third-order valence-corrected chi connectivity index (χ3v) is 4.92. The van der Waals surface area contributed by atoms with Crippen LogP contribution >= 0.6 is 0 Å². The molecule has 0 spiro atoms. The van der Waals surface area contributed by atoms with E-state index in [0.29, 0.717) is 5.95 Å². The summed E-state index contributed by atoms with van der Waals surface area (Å²) in [6.45, 7) is 9.63. The SMILES string of the molecule is CCc1cc(Nc2nc3cccc(N4CCN(CC)CC4)n3n2)ccn1. The lowest BCUT2D eigenvalue weighted by atomic mass is 10.3. The molecular formula is C19H25N7. The van der Waals surface area contributed by atoms with Crippen LogP contribution in [0.1, 0.15) is 19.5 Å². The molecule has 3 aromatic heterocycles. The maximum Gasteiger partial charge on any atom is 0.247 e. The van der Waals surface area contributed by atoms with Crippen LogP contribution in [0.4, 0.5) is 17.5 Å². The summed E-state index contributed by atoms with van der Waals surface area (Å²) in [5.41, 5.74) is 2.87. The molecule has 4 heterocycles. The fourth-order valence-corrected chi connectivity index (χ4v) is 3.36. The number of aromatic nitrogens is 4. The highest BCUT2D eigenvalue weighted by Gasteiger charge is 2.19. The second-order valence-electron chi connectivity index (χ2n) is 6.53. The first-order valence-corrected chi connectivity index (χ1v) is 9.32. The van der Waals surface area contributed by atoms with E-state index in [1.165, 1.54) is 0 Å². The van der Waals surface area contributed by atoms with Crippen molar-refractivity contribution in [2.75, 3.05) is 42.9 Å². The molecule has 7 nitrogen and oxygen atoms in total. The summed E-state index contributed by atoms with van der Waals surface area (Å²) in [6, 6.07) is 10.1. The summed E-state index contributed by atoms with van der Waals surface area (Å²) in [4.78, 5) is 13.8. The molecule has 0 radical (unpaired) electrons. The van der Waals surface area contributed by atoms with E-state index in [2.05, 4.69) is 51.1 Å². The van der Waals surface area contributed by atoms with Gasteiger partial charge in [0.05, 0.1) is 0 Å². The maximum atomic E-state index is 4.70. The van der Waals surface area contributed by atoms with E-state index in [9.17, 15) is 0 Å². The monoisotopic (exact) mass is 351 g/mol. The van der Waals surface area contributed by atoms with Crippen LogP contribution < -0.4 is 10.2 Å². The van der Waals surface area contributed by atoms with Crippen LogP contribution in [0.2, 0.25) is 0 Å². The first kappa shape index (κ1) is 16.8. The van der Waals surface area contributed by atoms with Gasteiger partial charge in [0.25, 0.3) is 0 Å². The molecule has 0 bridgehead atoms. The predicted molar refractivity (Wildman–Crippen MR) is 104 cm³/mol. The zero-order valence-electron chi connectivity index (χ0n) is 15.4. The average Bonchev–Trinajstić information content (AvgIpc) is 3.10. The average molecular weight is 351 g/mol. The Kier molecular flexibility index (Phi) is 4.71. The number of nitrogens with zero attached hydrogens (tertiary/aromatic N) is 6. The molecule has 1 aliphatic rings. The van der Waals surface area contributed by atoms with Gasteiger partial charge in [-0.25, -0.2) is 0 Å². The van der Waals surface area contributed by atoms with E-state index in [0.717, 1.165) is 62.0 Å². The minimum absolute atomic E-state index is 0.609. The second kappa shape index (κ2) is 7.29. The van der Waals surface area contributed by atoms with Gasteiger partial charge in [0.2, 0.25) is 5.95 Å². The molecule has 0 aromatic carbocycles. The van der Waals surface area contributed by atoms with Crippen LogP contribution in [0.3, 0.4) is 0 Å². The van der Waals surface area contributed by atoms with Crippen LogP contribution in [0.25, 0.3) is 5.65 Å². The molecule has 0 unspecified atom stereocenters. The zero-order valence-corrected chi connectivity index (χ0v) is 15.4. The Hall–Kier alpha value is -2.67. The van der Waals surface area contributed by atoms with Gasteiger partial charge >= 0.3 is 0 Å². The third-order valence-electron chi connectivity index (χ3n) is 4.92. The fraction of sp³-hybridized carbons (Fsp3) is 0.421. The number of rotatable bonds is 5. The molecule has 3 aromatic rings. The van der Waals surface area contributed by atoms with Crippen LogP contribution in [-0.2, 0) is 6.42 Å². The quantitative estimate of drug-likeness (QED) is 0.762. The van der Waals surface area contributed by atoms with E-state index < -0.39 is 0 Å². The maximum absolute atomic E-state index is 4.70. The van der Waals surface area contributed by atoms with Crippen molar-refractivity contribution in [2.45, 2.75) is 20.3 Å². The van der Waals surface area contributed by atoms with Crippen LogP contribution in [-0.4, -0.2) is 57.2 Å². The summed E-state index contributed by atoms with van der Waals surface area (Å²) in [6.07, 6.45) is 2.72. The van der Waals surface area contributed by atoms with Crippen LogP contribution in [0.15, 0.2) is 36.5 Å². The Morgan fingerprint density at radius 3 is 2.69 bits per heavy atom. The zero-order chi connectivity index (χ0) is 17.9. The van der Waals surface area contributed by atoms with E-state index in [4.69, 9.17) is 5.10 Å². The number of likely N-dealkylation sites (N-methyl/N-ethyl adjacent to an activating group) is 1. The molecule has 0 atom stereocenters. The summed E-state index contributed by atoms with van der Waals surface area (Å²) >= 11 is 0. The van der Waals surface area contributed by atoms with Crippen molar-refractivity contribution < 1.29 is 0 Å². The highest BCUT2D eigenvalue weighted by Crippen LogP contribution is 2.20. The van der Waals surface area contributed by atoms with Crippen molar-refractivity contribution in [2.24, 2.45) is 0 Å². The lowest BCUT2D eigenvalue weighted by Gasteiger charge is -2.35. The molecule has 1 aliphatic heterocycles. The number of pyridine rings is 2. The summed E-state index contributed by atoms with van der Waals surface area (Å²) in [5, 5.41) is 8.00. The molecule has 1 saturated heterocycles. The second-order valence-corrected chi connectivity index (χ2v) is 6.53. The van der Waals surface area contributed by atoms with Crippen molar-refractivity contribution in [1.82, 2.24) is 24.5 Å². The molecule has 7 heteroatoms. The van der Waals surface area contributed by atoms with Crippen LogP contribution in [0, 0.1) is 0 Å². The van der Waals surface area contributed by atoms with E-state index in [1.807, 2.05) is 28.9 Å². The first-order valence-electron chi connectivity index (χ1n) is 9.32. The number of hydrogen-bond donors (Lipinski definition) is 1. The molecule has 1 fully saturated rings. The molecule has 0 amide bonds. The molecule has 26 heavy (non-hydrogen) atoms. The predicted octanol–water partition coefficient (Wildman–Crippen LogP) is 2.57. The van der Waals surface area contributed by atoms with E-state index in [-0.39, 0.29) is 0 Å². The van der Waals surface area contributed by atoms with Gasteiger partial charge in [-0.05, 0) is 37.2 Å². The molecule has 0 aliphatic carbocycles. The van der Waals surface area contributed by atoms with E-state index >= 15 is 0 Å². The number of hydrogen-bond acceptors (Lipinski definition) is 6. The Balaban J connectivity index is 1.59. The van der Waals surface area contributed by atoms with Gasteiger partial charge in [0.15, 0.2) is 5.65 Å². The largest absolute Gasteiger partial charge is 0.354 e. The summed E-state index contributed by atoms with van der Waals surface area (Å²) in [5.74, 6) is 1.71. The van der Waals surface area contributed by atoms with Crippen molar-refractivity contribution in [3.8, 4) is 0 Å². The van der Waals surface area contributed by atoms with Crippen molar-refractivity contribution in [3.05, 3.63) is 42.2 Å². The number of aryl methyl sites for hydroxylation is 1.